The molecule has 4 nitrogen and oxygen atoms in total. The van der Waals surface area contributed by atoms with E-state index in [0.717, 1.165) is 28.1 Å². The highest BCUT2D eigenvalue weighted by Gasteiger charge is 2.02. The van der Waals surface area contributed by atoms with Crippen molar-refractivity contribution >= 4 is 21.7 Å². The molecule has 0 bridgehead atoms. The van der Waals surface area contributed by atoms with Crippen LogP contribution in [-0.4, -0.2) is 15.2 Å². The molecule has 0 amide bonds. The largest absolute Gasteiger partial charge is 0.366 e. The molecular weight excluding hydrogens is 268 g/mol. The summed E-state index contributed by atoms with van der Waals surface area (Å²) in [4.78, 5) is 4.28. The average molecular weight is 281 g/mol. The third-order valence-electron chi connectivity index (χ3n) is 2.44. The molecule has 0 aliphatic heterocycles. The SMILES string of the molecule is Cc1cc(NCc2cn[nH]c2C)ncc1Br. The van der Waals surface area contributed by atoms with Crippen LogP contribution in [0.25, 0.3) is 0 Å². The molecule has 0 aliphatic carbocycles. The van der Waals surface area contributed by atoms with Crippen LogP contribution in [0.4, 0.5) is 5.82 Å². The molecule has 2 aromatic rings. The van der Waals surface area contributed by atoms with Crippen molar-refractivity contribution in [3.05, 3.63) is 39.8 Å². The normalized spacial score (nSPS) is 10.4. The maximum Gasteiger partial charge on any atom is 0.126 e. The number of H-pyrrole nitrogens is 1. The lowest BCUT2D eigenvalue weighted by atomic mass is 10.2. The Kier molecular flexibility index (Phi) is 3.24. The van der Waals surface area contributed by atoms with Crippen molar-refractivity contribution < 1.29 is 0 Å². The fourth-order valence-electron chi connectivity index (χ4n) is 1.38. The van der Waals surface area contributed by atoms with Gasteiger partial charge in [0.1, 0.15) is 5.82 Å². The van der Waals surface area contributed by atoms with Crippen LogP contribution in [0.2, 0.25) is 0 Å². The minimum Gasteiger partial charge on any atom is -0.366 e. The summed E-state index contributed by atoms with van der Waals surface area (Å²) in [5, 5.41) is 10.1. The van der Waals surface area contributed by atoms with Gasteiger partial charge in [-0.15, -0.1) is 0 Å². The van der Waals surface area contributed by atoms with E-state index in [1.54, 1.807) is 6.20 Å². The highest BCUT2D eigenvalue weighted by molar-refractivity contribution is 9.10. The van der Waals surface area contributed by atoms with E-state index in [9.17, 15) is 0 Å². The van der Waals surface area contributed by atoms with Crippen molar-refractivity contribution in [1.29, 1.82) is 0 Å². The molecule has 16 heavy (non-hydrogen) atoms. The van der Waals surface area contributed by atoms with E-state index < -0.39 is 0 Å². The number of halogens is 1. The van der Waals surface area contributed by atoms with Crippen LogP contribution < -0.4 is 5.32 Å². The van der Waals surface area contributed by atoms with Crippen LogP contribution in [0.1, 0.15) is 16.8 Å². The van der Waals surface area contributed by atoms with Crippen LogP contribution in [0.3, 0.4) is 0 Å². The number of hydrogen-bond donors (Lipinski definition) is 2. The predicted molar refractivity (Wildman–Crippen MR) is 67.3 cm³/mol. The third-order valence-corrected chi connectivity index (χ3v) is 3.27. The number of nitrogens with one attached hydrogen (secondary N) is 2. The molecule has 0 fully saturated rings. The standard InChI is InChI=1S/C11H13BrN4/c1-7-3-11(14-6-10(7)12)13-4-9-5-15-16-8(9)2/h3,5-6H,4H2,1-2H3,(H,13,14)(H,15,16). The molecule has 84 valence electrons. The smallest absolute Gasteiger partial charge is 0.126 e. The second-order valence-electron chi connectivity index (χ2n) is 3.69. The Morgan fingerprint density at radius 1 is 1.38 bits per heavy atom. The van der Waals surface area contributed by atoms with Crippen LogP contribution in [0.5, 0.6) is 0 Å². The number of aromatic nitrogens is 3. The van der Waals surface area contributed by atoms with E-state index in [1.165, 1.54) is 5.56 Å². The lowest BCUT2D eigenvalue weighted by Gasteiger charge is -2.06. The van der Waals surface area contributed by atoms with Gasteiger partial charge >= 0.3 is 0 Å². The summed E-state index contributed by atoms with van der Waals surface area (Å²) < 4.78 is 1.03. The zero-order valence-corrected chi connectivity index (χ0v) is 10.8. The molecule has 0 saturated carbocycles. The topological polar surface area (TPSA) is 53.6 Å². The Morgan fingerprint density at radius 3 is 2.81 bits per heavy atom. The molecule has 0 atom stereocenters. The number of nitrogens with zero attached hydrogens (tertiary/aromatic N) is 2. The summed E-state index contributed by atoms with van der Waals surface area (Å²) in [5.74, 6) is 0.876. The van der Waals surface area contributed by atoms with Gasteiger partial charge in [-0.1, -0.05) is 0 Å². The summed E-state index contributed by atoms with van der Waals surface area (Å²) in [6, 6.07) is 2.01. The van der Waals surface area contributed by atoms with Crippen molar-refractivity contribution in [2.75, 3.05) is 5.32 Å². The van der Waals surface area contributed by atoms with Gasteiger partial charge in [0, 0.05) is 28.5 Å². The van der Waals surface area contributed by atoms with E-state index in [-0.39, 0.29) is 0 Å². The molecule has 2 rings (SSSR count). The summed E-state index contributed by atoms with van der Waals surface area (Å²) in [6.45, 7) is 4.78. The number of rotatable bonds is 3. The van der Waals surface area contributed by atoms with Crippen LogP contribution in [0.15, 0.2) is 22.9 Å². The van der Waals surface area contributed by atoms with Crippen LogP contribution in [0, 0.1) is 13.8 Å². The fourth-order valence-corrected chi connectivity index (χ4v) is 1.59. The van der Waals surface area contributed by atoms with Gasteiger partial charge in [-0.2, -0.15) is 5.10 Å². The zero-order valence-electron chi connectivity index (χ0n) is 9.21. The highest BCUT2D eigenvalue weighted by atomic mass is 79.9. The van der Waals surface area contributed by atoms with Gasteiger partial charge in [0.05, 0.1) is 6.20 Å². The molecule has 0 aromatic carbocycles. The summed E-state index contributed by atoms with van der Waals surface area (Å²) in [6.07, 6.45) is 3.63. The molecule has 0 spiro atoms. The molecular formula is C11H13BrN4. The zero-order chi connectivity index (χ0) is 11.5. The van der Waals surface area contributed by atoms with Gasteiger partial charge in [0.25, 0.3) is 0 Å². The van der Waals surface area contributed by atoms with Gasteiger partial charge < -0.3 is 5.32 Å². The maximum atomic E-state index is 4.28. The highest BCUT2D eigenvalue weighted by Crippen LogP contribution is 2.17. The molecule has 2 N–H and O–H groups in total. The Labute approximate surface area is 103 Å². The van der Waals surface area contributed by atoms with Gasteiger partial charge in [-0.3, -0.25) is 5.10 Å². The number of aryl methyl sites for hydroxylation is 2. The Morgan fingerprint density at radius 2 is 2.19 bits per heavy atom. The molecule has 2 heterocycles. The number of hydrogen-bond acceptors (Lipinski definition) is 3. The minimum absolute atomic E-state index is 0.733. The number of pyridine rings is 1. The average Bonchev–Trinajstić information content (AvgIpc) is 2.66. The van der Waals surface area contributed by atoms with E-state index in [2.05, 4.69) is 36.4 Å². The van der Waals surface area contributed by atoms with Gasteiger partial charge in [0.2, 0.25) is 0 Å². The fraction of sp³-hybridized carbons (Fsp3) is 0.273. The first-order valence-electron chi connectivity index (χ1n) is 5.01. The van der Waals surface area contributed by atoms with Crippen molar-refractivity contribution in [2.45, 2.75) is 20.4 Å². The molecule has 0 aliphatic rings. The van der Waals surface area contributed by atoms with Crippen LogP contribution in [-0.2, 0) is 6.54 Å². The second-order valence-corrected chi connectivity index (χ2v) is 4.55. The lowest BCUT2D eigenvalue weighted by molar-refractivity contribution is 1.04. The van der Waals surface area contributed by atoms with E-state index in [4.69, 9.17) is 0 Å². The van der Waals surface area contributed by atoms with Crippen molar-refractivity contribution in [3.8, 4) is 0 Å². The van der Waals surface area contributed by atoms with Crippen molar-refractivity contribution in [3.63, 3.8) is 0 Å². The third kappa shape index (κ3) is 2.41. The predicted octanol–water partition coefficient (Wildman–Crippen LogP) is 2.80. The van der Waals surface area contributed by atoms with Crippen molar-refractivity contribution in [2.24, 2.45) is 0 Å². The number of anilines is 1. The monoisotopic (exact) mass is 280 g/mol. The van der Waals surface area contributed by atoms with E-state index in [1.807, 2.05) is 26.1 Å². The quantitative estimate of drug-likeness (QED) is 0.909. The molecule has 0 unspecified atom stereocenters. The summed E-state index contributed by atoms with van der Waals surface area (Å²) in [5.41, 5.74) is 3.41. The second kappa shape index (κ2) is 4.65. The molecule has 2 aromatic heterocycles. The van der Waals surface area contributed by atoms with E-state index in [0.29, 0.717) is 0 Å². The summed E-state index contributed by atoms with van der Waals surface area (Å²) >= 11 is 3.43. The number of aromatic amines is 1. The molecule has 0 saturated heterocycles. The Hall–Kier alpha value is -1.36. The molecule has 5 heteroatoms. The van der Waals surface area contributed by atoms with Crippen LogP contribution >= 0.6 is 15.9 Å². The lowest BCUT2D eigenvalue weighted by Crippen LogP contribution is -2.02. The van der Waals surface area contributed by atoms with Gasteiger partial charge in [-0.25, -0.2) is 4.98 Å². The summed E-state index contributed by atoms with van der Waals surface area (Å²) in [7, 11) is 0. The Bertz CT molecular complexity index is 492. The van der Waals surface area contributed by atoms with E-state index >= 15 is 0 Å². The first-order chi connectivity index (χ1) is 7.66. The Balaban J connectivity index is 2.05. The minimum atomic E-state index is 0.733. The first kappa shape index (κ1) is 11.1. The maximum absolute atomic E-state index is 4.28. The van der Waals surface area contributed by atoms with Crippen molar-refractivity contribution in [1.82, 2.24) is 15.2 Å². The van der Waals surface area contributed by atoms with Gasteiger partial charge in [0.15, 0.2) is 0 Å². The first-order valence-corrected chi connectivity index (χ1v) is 5.81. The van der Waals surface area contributed by atoms with Gasteiger partial charge in [-0.05, 0) is 41.4 Å². The molecule has 0 radical (unpaired) electrons.